The van der Waals surface area contributed by atoms with Crippen LogP contribution in [0.25, 0.3) is 16.9 Å². The first-order chi connectivity index (χ1) is 16.4. The molecule has 2 amide bonds. The van der Waals surface area contributed by atoms with Crippen LogP contribution >= 0.6 is 11.6 Å². The molecule has 3 aromatic carbocycles. The minimum absolute atomic E-state index is 0.124. The molecule has 0 spiro atoms. The van der Waals surface area contributed by atoms with E-state index in [2.05, 4.69) is 10.4 Å². The van der Waals surface area contributed by atoms with E-state index in [4.69, 9.17) is 16.3 Å². The average molecular weight is 475 g/mol. The smallest absolute Gasteiger partial charge is 0.272 e. The highest BCUT2D eigenvalue weighted by molar-refractivity contribution is 6.30. The van der Waals surface area contributed by atoms with Crippen molar-refractivity contribution in [3.63, 3.8) is 0 Å². The van der Waals surface area contributed by atoms with Gasteiger partial charge in [0.05, 0.1) is 25.0 Å². The second kappa shape index (κ2) is 10.2. The number of hydrogen-bond acceptors (Lipinski definition) is 4. The van der Waals surface area contributed by atoms with Crippen molar-refractivity contribution in [1.29, 1.82) is 0 Å². The van der Waals surface area contributed by atoms with Gasteiger partial charge in [-0.3, -0.25) is 9.59 Å². The van der Waals surface area contributed by atoms with Crippen molar-refractivity contribution in [2.45, 2.75) is 0 Å². The lowest BCUT2D eigenvalue weighted by Crippen LogP contribution is -2.35. The van der Waals surface area contributed by atoms with Crippen LogP contribution in [0, 0.1) is 0 Å². The van der Waals surface area contributed by atoms with E-state index in [0.717, 1.165) is 11.3 Å². The summed E-state index contributed by atoms with van der Waals surface area (Å²) in [6.45, 7) is -0.124. The highest BCUT2D eigenvalue weighted by atomic mass is 35.5. The molecule has 1 heterocycles. The summed E-state index contributed by atoms with van der Waals surface area (Å²) < 4.78 is 6.71. The molecule has 0 fully saturated rings. The van der Waals surface area contributed by atoms with Crippen LogP contribution in [0.4, 0.5) is 5.69 Å². The third kappa shape index (κ3) is 5.27. The SMILES string of the molecule is COc1ccc(NC(=O)CN(C)C(=O)c2cc(-c3ccc(Cl)cc3)nn2-c2ccccc2)cc1. The molecule has 1 N–H and O–H groups in total. The van der Waals surface area contributed by atoms with E-state index >= 15 is 0 Å². The largest absolute Gasteiger partial charge is 0.497 e. The van der Waals surface area contributed by atoms with Crippen molar-refractivity contribution < 1.29 is 14.3 Å². The number of rotatable bonds is 7. The molecular weight excluding hydrogens is 452 g/mol. The Balaban J connectivity index is 1.56. The summed E-state index contributed by atoms with van der Waals surface area (Å²) in [6, 6.07) is 25.3. The summed E-state index contributed by atoms with van der Waals surface area (Å²) in [5, 5.41) is 8.07. The first-order valence-electron chi connectivity index (χ1n) is 10.6. The van der Waals surface area contributed by atoms with Gasteiger partial charge >= 0.3 is 0 Å². The number of para-hydroxylation sites is 1. The van der Waals surface area contributed by atoms with Crippen LogP contribution in [0.2, 0.25) is 5.02 Å². The van der Waals surface area contributed by atoms with E-state index in [1.807, 2.05) is 42.5 Å². The van der Waals surface area contributed by atoms with Gasteiger partial charge in [0, 0.05) is 23.3 Å². The maximum absolute atomic E-state index is 13.4. The monoisotopic (exact) mass is 474 g/mol. The fourth-order valence-electron chi connectivity index (χ4n) is 3.42. The zero-order valence-corrected chi connectivity index (χ0v) is 19.5. The van der Waals surface area contributed by atoms with Crippen LogP contribution in [0.15, 0.2) is 84.9 Å². The Morgan fingerprint density at radius 1 is 1.00 bits per heavy atom. The Morgan fingerprint density at radius 2 is 1.68 bits per heavy atom. The van der Waals surface area contributed by atoms with Crippen molar-refractivity contribution >= 4 is 29.1 Å². The number of nitrogens with zero attached hydrogens (tertiary/aromatic N) is 3. The molecule has 0 aliphatic carbocycles. The number of carbonyl (C=O) groups excluding carboxylic acids is 2. The lowest BCUT2D eigenvalue weighted by Gasteiger charge is -2.17. The van der Waals surface area contributed by atoms with Gasteiger partial charge in [-0.2, -0.15) is 5.10 Å². The highest BCUT2D eigenvalue weighted by Crippen LogP contribution is 2.24. The van der Waals surface area contributed by atoms with E-state index in [0.29, 0.717) is 27.8 Å². The molecule has 8 heteroatoms. The van der Waals surface area contributed by atoms with Crippen molar-refractivity contribution in [2.75, 3.05) is 26.0 Å². The normalized spacial score (nSPS) is 10.6. The Kier molecular flexibility index (Phi) is 6.94. The van der Waals surface area contributed by atoms with Gasteiger partial charge in [-0.25, -0.2) is 4.68 Å². The Hall–Kier alpha value is -4.10. The van der Waals surface area contributed by atoms with Crippen molar-refractivity contribution in [3.05, 3.63) is 95.6 Å². The highest BCUT2D eigenvalue weighted by Gasteiger charge is 2.22. The molecule has 1 aromatic heterocycles. The molecule has 0 unspecified atom stereocenters. The van der Waals surface area contributed by atoms with Gasteiger partial charge < -0.3 is 15.0 Å². The number of nitrogens with one attached hydrogen (secondary N) is 1. The zero-order chi connectivity index (χ0) is 24.1. The molecular formula is C26H23ClN4O3. The molecule has 0 saturated carbocycles. The molecule has 7 nitrogen and oxygen atoms in total. The lowest BCUT2D eigenvalue weighted by atomic mass is 10.1. The lowest BCUT2D eigenvalue weighted by molar-refractivity contribution is -0.116. The minimum atomic E-state index is -0.332. The number of anilines is 1. The quantitative estimate of drug-likeness (QED) is 0.413. The van der Waals surface area contributed by atoms with E-state index in [1.165, 1.54) is 4.90 Å². The van der Waals surface area contributed by atoms with Gasteiger partial charge in [-0.1, -0.05) is 41.9 Å². The number of aromatic nitrogens is 2. The van der Waals surface area contributed by atoms with Crippen molar-refractivity contribution in [1.82, 2.24) is 14.7 Å². The number of halogens is 1. The molecule has 34 heavy (non-hydrogen) atoms. The Morgan fingerprint density at radius 3 is 2.32 bits per heavy atom. The second-order valence-electron chi connectivity index (χ2n) is 7.61. The Bertz CT molecular complexity index is 1290. The molecule has 0 saturated heterocycles. The molecule has 0 aliphatic rings. The second-order valence-corrected chi connectivity index (χ2v) is 8.04. The standard InChI is InChI=1S/C26H23ClN4O3/c1-30(17-25(32)28-20-12-14-22(34-2)15-13-20)26(33)24-16-23(18-8-10-19(27)11-9-18)29-31(24)21-6-4-3-5-7-21/h3-16H,17H2,1-2H3,(H,28,32). The number of amides is 2. The van der Waals surface area contributed by atoms with Crippen LogP contribution < -0.4 is 10.1 Å². The number of methoxy groups -OCH3 is 1. The predicted molar refractivity (Wildman–Crippen MR) is 133 cm³/mol. The van der Waals surface area contributed by atoms with Crippen LogP contribution in [-0.4, -0.2) is 47.2 Å². The number of benzene rings is 3. The third-order valence-electron chi connectivity index (χ3n) is 5.17. The summed E-state index contributed by atoms with van der Waals surface area (Å²) in [7, 11) is 3.16. The van der Waals surface area contributed by atoms with Gasteiger partial charge in [-0.05, 0) is 54.6 Å². The van der Waals surface area contributed by atoms with E-state index in [1.54, 1.807) is 61.3 Å². The van der Waals surface area contributed by atoms with E-state index in [9.17, 15) is 9.59 Å². The fourth-order valence-corrected chi connectivity index (χ4v) is 3.54. The number of hydrogen-bond donors (Lipinski definition) is 1. The predicted octanol–water partition coefficient (Wildman–Crippen LogP) is 4.91. The number of likely N-dealkylation sites (N-methyl/N-ethyl adjacent to an activating group) is 1. The third-order valence-corrected chi connectivity index (χ3v) is 5.42. The summed E-state index contributed by atoms with van der Waals surface area (Å²) in [5.41, 5.74) is 3.15. The van der Waals surface area contributed by atoms with E-state index in [-0.39, 0.29) is 18.4 Å². The van der Waals surface area contributed by atoms with Crippen molar-refractivity contribution in [3.8, 4) is 22.7 Å². The maximum Gasteiger partial charge on any atom is 0.272 e. The molecule has 4 rings (SSSR count). The number of ether oxygens (including phenoxy) is 1. The van der Waals surface area contributed by atoms with Gasteiger partial charge in [0.1, 0.15) is 11.4 Å². The minimum Gasteiger partial charge on any atom is -0.497 e. The van der Waals surface area contributed by atoms with Gasteiger partial charge in [0.2, 0.25) is 5.91 Å². The van der Waals surface area contributed by atoms with Gasteiger partial charge in [0.15, 0.2) is 0 Å². The summed E-state index contributed by atoms with van der Waals surface area (Å²) in [5.74, 6) is 0.0436. The molecule has 4 aromatic rings. The zero-order valence-electron chi connectivity index (χ0n) is 18.7. The summed E-state index contributed by atoms with van der Waals surface area (Å²) in [4.78, 5) is 27.3. The maximum atomic E-state index is 13.4. The fraction of sp³-hybridized carbons (Fsp3) is 0.115. The van der Waals surface area contributed by atoms with E-state index < -0.39 is 0 Å². The number of carbonyl (C=O) groups is 2. The Labute approximate surface area is 202 Å². The molecule has 0 bridgehead atoms. The van der Waals surface area contributed by atoms with Gasteiger partial charge in [-0.15, -0.1) is 0 Å². The first kappa shape index (κ1) is 23.1. The van der Waals surface area contributed by atoms with Gasteiger partial charge in [0.25, 0.3) is 5.91 Å². The van der Waals surface area contributed by atoms with Crippen LogP contribution in [-0.2, 0) is 4.79 Å². The van der Waals surface area contributed by atoms with Crippen LogP contribution in [0.1, 0.15) is 10.5 Å². The average Bonchev–Trinajstić information content (AvgIpc) is 3.30. The molecule has 0 radical (unpaired) electrons. The molecule has 0 atom stereocenters. The summed E-state index contributed by atoms with van der Waals surface area (Å²) >= 11 is 6.01. The first-order valence-corrected chi connectivity index (χ1v) is 10.9. The molecule has 0 aliphatic heterocycles. The van der Waals surface area contributed by atoms with Crippen molar-refractivity contribution in [2.24, 2.45) is 0 Å². The molecule has 172 valence electrons. The van der Waals surface area contributed by atoms with Crippen LogP contribution in [0.3, 0.4) is 0 Å². The van der Waals surface area contributed by atoms with Crippen LogP contribution in [0.5, 0.6) is 5.75 Å². The summed E-state index contributed by atoms with van der Waals surface area (Å²) in [6.07, 6.45) is 0. The topological polar surface area (TPSA) is 76.5 Å².